The number of rotatable bonds is 0. The number of hydrogen-bond acceptors (Lipinski definition) is 4. The summed E-state index contributed by atoms with van der Waals surface area (Å²) in [6.07, 6.45) is 2.41. The van der Waals surface area contributed by atoms with Crippen LogP contribution >= 0.6 is 0 Å². The van der Waals surface area contributed by atoms with Gasteiger partial charge in [0.05, 0.1) is 11.8 Å². The third-order valence-corrected chi connectivity index (χ3v) is 6.49. The third kappa shape index (κ3) is 1.44. The molecule has 5 aliphatic heterocycles. The Morgan fingerprint density at radius 2 is 1.32 bits per heavy atom. The van der Waals surface area contributed by atoms with Crippen molar-refractivity contribution in [1.29, 1.82) is 0 Å². The highest BCUT2D eigenvalue weighted by atomic mass is 16.3. The van der Waals surface area contributed by atoms with Gasteiger partial charge in [-0.1, -0.05) is 13.8 Å². The molecule has 19 heavy (non-hydrogen) atoms. The van der Waals surface area contributed by atoms with Crippen LogP contribution in [0.25, 0.3) is 0 Å². The Hall–Kier alpha value is -0.160. The molecule has 0 aliphatic carbocycles. The molecule has 0 aromatic heterocycles. The Morgan fingerprint density at radius 1 is 0.895 bits per heavy atom. The molecule has 0 amide bonds. The van der Waals surface area contributed by atoms with Crippen LogP contribution in [-0.2, 0) is 0 Å². The molecular formula is C15H27N3O. The molecule has 108 valence electrons. The predicted octanol–water partition coefficient (Wildman–Crippen LogP) is 0.427. The predicted molar refractivity (Wildman–Crippen MR) is 74.8 cm³/mol. The SMILES string of the molecule is CN1CCC2(CC1)N1CC3(C)CN2CC(C)(C1)C3O. The maximum absolute atomic E-state index is 10.7. The highest BCUT2D eigenvalue weighted by molar-refractivity contribution is 5.17. The molecule has 0 aromatic carbocycles. The Labute approximate surface area is 116 Å². The fraction of sp³-hybridized carbons (Fsp3) is 1.00. The third-order valence-electron chi connectivity index (χ3n) is 6.49. The van der Waals surface area contributed by atoms with Crippen molar-refractivity contribution in [3.8, 4) is 0 Å². The summed E-state index contributed by atoms with van der Waals surface area (Å²) in [6, 6.07) is 0. The van der Waals surface area contributed by atoms with Gasteiger partial charge in [0.15, 0.2) is 0 Å². The van der Waals surface area contributed by atoms with Gasteiger partial charge in [0, 0.05) is 50.1 Å². The summed E-state index contributed by atoms with van der Waals surface area (Å²) in [5.74, 6) is 0. The molecule has 0 saturated carbocycles. The average molecular weight is 265 g/mol. The standard InChI is InChI=1S/C15H27N3O/c1-13-8-17-10-14(2,12(13)19)11-18(9-13)15(17)4-6-16(3)7-5-15/h12,19H,4-11H2,1-3H3. The Balaban J connectivity index is 1.70. The smallest absolute Gasteiger partial charge is 0.0763 e. The van der Waals surface area contributed by atoms with E-state index in [0.29, 0.717) is 5.66 Å². The lowest BCUT2D eigenvalue weighted by atomic mass is 9.58. The van der Waals surface area contributed by atoms with E-state index in [1.165, 1.54) is 25.9 Å². The van der Waals surface area contributed by atoms with Crippen molar-refractivity contribution < 1.29 is 5.11 Å². The fourth-order valence-electron chi connectivity index (χ4n) is 5.54. The van der Waals surface area contributed by atoms with E-state index in [4.69, 9.17) is 0 Å². The number of piperidine rings is 3. The van der Waals surface area contributed by atoms with E-state index in [0.717, 1.165) is 26.2 Å². The largest absolute Gasteiger partial charge is 0.392 e. The van der Waals surface area contributed by atoms with E-state index in [1.54, 1.807) is 0 Å². The van der Waals surface area contributed by atoms with Gasteiger partial charge in [0.1, 0.15) is 0 Å². The van der Waals surface area contributed by atoms with E-state index < -0.39 is 0 Å². The molecule has 0 radical (unpaired) electrons. The molecule has 5 aliphatic rings. The minimum absolute atomic E-state index is 0.0832. The zero-order valence-electron chi connectivity index (χ0n) is 12.5. The minimum atomic E-state index is -0.129. The normalized spacial score (nSPS) is 55.9. The summed E-state index contributed by atoms with van der Waals surface area (Å²) >= 11 is 0. The van der Waals surface area contributed by atoms with Crippen molar-refractivity contribution in [3.63, 3.8) is 0 Å². The number of aliphatic hydroxyl groups is 1. The number of nitrogens with zero attached hydrogens (tertiary/aromatic N) is 3. The van der Waals surface area contributed by atoms with Crippen LogP contribution in [0, 0.1) is 10.8 Å². The van der Waals surface area contributed by atoms with Crippen LogP contribution in [-0.4, -0.2) is 77.9 Å². The van der Waals surface area contributed by atoms with Gasteiger partial charge < -0.3 is 10.0 Å². The van der Waals surface area contributed by atoms with Gasteiger partial charge in [0.25, 0.3) is 0 Å². The van der Waals surface area contributed by atoms with Crippen LogP contribution in [0.1, 0.15) is 26.7 Å². The maximum Gasteiger partial charge on any atom is 0.0763 e. The molecule has 5 saturated heterocycles. The van der Waals surface area contributed by atoms with Crippen LogP contribution in [0.5, 0.6) is 0 Å². The first-order valence-corrected chi connectivity index (χ1v) is 7.75. The average Bonchev–Trinajstić information content (AvgIpc) is 2.33. The summed E-state index contributed by atoms with van der Waals surface area (Å²) in [5, 5.41) is 10.7. The van der Waals surface area contributed by atoms with Gasteiger partial charge in [-0.3, -0.25) is 9.80 Å². The van der Waals surface area contributed by atoms with Crippen molar-refractivity contribution in [2.75, 3.05) is 46.3 Å². The van der Waals surface area contributed by atoms with Gasteiger partial charge in [-0.2, -0.15) is 0 Å². The first-order chi connectivity index (χ1) is 8.88. The van der Waals surface area contributed by atoms with Crippen LogP contribution in [0.15, 0.2) is 0 Å². The van der Waals surface area contributed by atoms with Crippen LogP contribution in [0.2, 0.25) is 0 Å². The topological polar surface area (TPSA) is 30.0 Å². The second-order valence-electron chi connectivity index (χ2n) is 8.21. The van der Waals surface area contributed by atoms with E-state index in [-0.39, 0.29) is 16.9 Å². The zero-order chi connectivity index (χ0) is 13.5. The summed E-state index contributed by atoms with van der Waals surface area (Å²) in [7, 11) is 2.24. The van der Waals surface area contributed by atoms with E-state index >= 15 is 0 Å². The minimum Gasteiger partial charge on any atom is -0.392 e. The number of hydrogen-bond donors (Lipinski definition) is 1. The van der Waals surface area contributed by atoms with Crippen LogP contribution in [0.4, 0.5) is 0 Å². The van der Waals surface area contributed by atoms with Crippen molar-refractivity contribution in [2.45, 2.75) is 38.5 Å². The molecule has 4 heteroatoms. The molecular weight excluding hydrogens is 238 g/mol. The highest BCUT2D eigenvalue weighted by Gasteiger charge is 2.66. The highest BCUT2D eigenvalue weighted by Crippen LogP contribution is 2.55. The molecule has 5 rings (SSSR count). The first-order valence-electron chi connectivity index (χ1n) is 7.75. The molecule has 5 fully saturated rings. The number of aliphatic hydroxyl groups excluding tert-OH is 1. The fourth-order valence-corrected chi connectivity index (χ4v) is 5.54. The lowest BCUT2D eigenvalue weighted by molar-refractivity contribution is -0.295. The van der Waals surface area contributed by atoms with Crippen molar-refractivity contribution in [3.05, 3.63) is 0 Å². The molecule has 4 nitrogen and oxygen atoms in total. The maximum atomic E-state index is 10.7. The van der Waals surface area contributed by atoms with Crippen molar-refractivity contribution >= 4 is 0 Å². The summed E-state index contributed by atoms with van der Waals surface area (Å²) < 4.78 is 0. The Bertz CT molecular complexity index is 362. The van der Waals surface area contributed by atoms with Gasteiger partial charge in [-0.15, -0.1) is 0 Å². The van der Waals surface area contributed by atoms with Gasteiger partial charge in [-0.05, 0) is 19.9 Å². The molecule has 0 atom stereocenters. The quantitative estimate of drug-likeness (QED) is 0.688. The van der Waals surface area contributed by atoms with E-state index in [9.17, 15) is 5.11 Å². The van der Waals surface area contributed by atoms with Crippen molar-refractivity contribution in [1.82, 2.24) is 14.7 Å². The lowest BCUT2D eigenvalue weighted by Crippen LogP contribution is -2.84. The van der Waals surface area contributed by atoms with Gasteiger partial charge in [-0.25, -0.2) is 0 Å². The van der Waals surface area contributed by atoms with E-state index in [1.807, 2.05) is 0 Å². The second-order valence-corrected chi connectivity index (χ2v) is 8.21. The zero-order valence-corrected chi connectivity index (χ0v) is 12.5. The van der Waals surface area contributed by atoms with Gasteiger partial charge in [0.2, 0.25) is 0 Å². The molecule has 0 unspecified atom stereocenters. The Kier molecular flexibility index (Phi) is 2.34. The van der Waals surface area contributed by atoms with Crippen molar-refractivity contribution in [2.24, 2.45) is 10.8 Å². The lowest BCUT2D eigenvalue weighted by Gasteiger charge is -2.73. The molecule has 4 bridgehead atoms. The second kappa shape index (κ2) is 3.53. The molecule has 0 aromatic rings. The van der Waals surface area contributed by atoms with Crippen LogP contribution < -0.4 is 0 Å². The summed E-state index contributed by atoms with van der Waals surface area (Å²) in [5.41, 5.74) is 0.478. The first kappa shape index (κ1) is 12.6. The van der Waals surface area contributed by atoms with Crippen LogP contribution in [0.3, 0.4) is 0 Å². The Morgan fingerprint density at radius 3 is 1.74 bits per heavy atom. The summed E-state index contributed by atoms with van der Waals surface area (Å²) in [4.78, 5) is 7.90. The summed E-state index contributed by atoms with van der Waals surface area (Å²) in [6.45, 7) is 11.3. The van der Waals surface area contributed by atoms with E-state index in [2.05, 4.69) is 35.6 Å². The molecule has 1 N–H and O–H groups in total. The molecule has 5 heterocycles. The van der Waals surface area contributed by atoms with Gasteiger partial charge >= 0.3 is 0 Å². The number of likely N-dealkylation sites (tertiary alicyclic amines) is 1. The monoisotopic (exact) mass is 265 g/mol. The molecule has 1 spiro atoms.